The number of halogens is 2. The van der Waals surface area contributed by atoms with Gasteiger partial charge in [-0.05, 0) is 12.8 Å². The van der Waals surface area contributed by atoms with Crippen molar-refractivity contribution in [2.75, 3.05) is 13.2 Å². The second kappa shape index (κ2) is 16.0. The van der Waals surface area contributed by atoms with Crippen LogP contribution in [0.25, 0.3) is 0 Å². The minimum absolute atomic E-state index is 0. The van der Waals surface area contributed by atoms with Crippen molar-refractivity contribution < 1.29 is 45.8 Å². The second-order valence-electron chi connectivity index (χ2n) is 1.32. The Labute approximate surface area is 77.8 Å². The van der Waals surface area contributed by atoms with Gasteiger partial charge in [-0.15, -0.1) is 0 Å². The maximum absolute atomic E-state index is 4.94. The fourth-order valence-electron chi connectivity index (χ4n) is 0.510. The maximum atomic E-state index is 4.94. The quantitative estimate of drug-likeness (QED) is 0.391. The average molecular weight is 210 g/mol. The van der Waals surface area contributed by atoms with Gasteiger partial charge in [0, 0.05) is 13.2 Å². The molecule has 0 spiro atoms. The van der Waals surface area contributed by atoms with Gasteiger partial charge < -0.3 is 29.6 Å². The van der Waals surface area contributed by atoms with E-state index in [9.17, 15) is 0 Å². The van der Waals surface area contributed by atoms with Crippen LogP contribution < -0.4 is 24.8 Å². The van der Waals surface area contributed by atoms with Crippen LogP contribution in [0, 0.1) is 0 Å². The van der Waals surface area contributed by atoms with Gasteiger partial charge >= 0.3 is 22.1 Å². The van der Waals surface area contributed by atoms with Crippen LogP contribution in [0.3, 0.4) is 0 Å². The van der Waals surface area contributed by atoms with Crippen LogP contribution in [0.4, 0.5) is 0 Å². The fourth-order valence-corrected chi connectivity index (χ4v) is 0.510. The van der Waals surface area contributed by atoms with E-state index in [4.69, 9.17) is 4.74 Å². The summed E-state index contributed by atoms with van der Waals surface area (Å²) in [5.74, 6) is 1.88. The summed E-state index contributed by atoms with van der Waals surface area (Å²) in [5, 5.41) is 0. The first-order valence-electron chi connectivity index (χ1n) is 2.49. The van der Waals surface area contributed by atoms with Crippen molar-refractivity contribution in [3.8, 4) is 0 Å². The van der Waals surface area contributed by atoms with Gasteiger partial charge in [0.05, 0.1) is 0 Å². The van der Waals surface area contributed by atoms with E-state index >= 15 is 0 Å². The molecule has 4 heteroatoms. The van der Waals surface area contributed by atoms with Crippen LogP contribution in [-0.2, 0) is 21.0 Å². The summed E-state index contributed by atoms with van der Waals surface area (Å²) in [6.07, 6.45) is 2.56. The predicted octanol–water partition coefficient (Wildman–Crippen LogP) is -4.61. The summed E-state index contributed by atoms with van der Waals surface area (Å²) in [6, 6.07) is 0. The zero-order chi connectivity index (χ0) is 5.54. The van der Waals surface area contributed by atoms with Crippen molar-refractivity contribution in [2.45, 2.75) is 18.6 Å². The SMILES string of the molecule is C1CCOC1.[CH3][Cr+2].[Cl-].[Cl-]. The molecule has 0 saturated carbocycles. The Morgan fingerprint density at radius 3 is 1.44 bits per heavy atom. The van der Waals surface area contributed by atoms with Gasteiger partial charge in [-0.3, -0.25) is 0 Å². The Hall–Kier alpha value is 1.07. The van der Waals surface area contributed by atoms with E-state index in [1.807, 2.05) is 5.79 Å². The summed E-state index contributed by atoms with van der Waals surface area (Å²) in [7, 11) is 0. The summed E-state index contributed by atoms with van der Waals surface area (Å²) < 4.78 is 4.94. The van der Waals surface area contributed by atoms with Gasteiger partial charge in [0.2, 0.25) is 0 Å². The third-order valence-corrected chi connectivity index (χ3v) is 0.827. The van der Waals surface area contributed by atoms with Crippen molar-refractivity contribution in [2.24, 2.45) is 0 Å². The molecule has 0 radical (unpaired) electrons. The minimum Gasteiger partial charge on any atom is -1.00 e. The Kier molecular flexibility index (Phi) is 29.5. The second-order valence-corrected chi connectivity index (χ2v) is 1.32. The van der Waals surface area contributed by atoms with Gasteiger partial charge in [0.25, 0.3) is 0 Å². The topological polar surface area (TPSA) is 9.23 Å². The first-order chi connectivity index (χ1) is 3.50. The maximum Gasteiger partial charge on any atom is -1.00 e. The van der Waals surface area contributed by atoms with Crippen LogP contribution in [0.2, 0.25) is 5.79 Å². The molecule has 0 atom stereocenters. The molecule has 0 unspecified atom stereocenters. The monoisotopic (exact) mass is 209 g/mol. The van der Waals surface area contributed by atoms with Crippen LogP contribution in [0.5, 0.6) is 0 Å². The molecule has 0 bridgehead atoms. The van der Waals surface area contributed by atoms with Gasteiger partial charge in [-0.25, -0.2) is 0 Å². The standard InChI is InChI=1S/C4H8O.CH3.2ClH.Cr/c1-2-4-5-3-1;;;;/h1-4H2;1H3;2*1H;/q;;;;+2/p-2. The molecule has 1 nitrogen and oxygen atoms in total. The molecule has 0 aromatic rings. The molecule has 0 aromatic heterocycles. The molecule has 1 heterocycles. The van der Waals surface area contributed by atoms with E-state index in [-0.39, 0.29) is 24.8 Å². The first kappa shape index (κ1) is 16.6. The minimum atomic E-state index is 0. The molecule has 1 rings (SSSR count). The van der Waals surface area contributed by atoms with E-state index in [1.165, 1.54) is 12.8 Å². The Morgan fingerprint density at radius 2 is 1.33 bits per heavy atom. The smallest absolute Gasteiger partial charge is 1.00 e. The van der Waals surface area contributed by atoms with Gasteiger partial charge in [-0.2, -0.15) is 0 Å². The molecule has 0 N–H and O–H groups in total. The van der Waals surface area contributed by atoms with Crippen LogP contribution in [0.1, 0.15) is 12.8 Å². The first-order valence-corrected chi connectivity index (χ1v) is 3.76. The van der Waals surface area contributed by atoms with E-state index in [0.717, 1.165) is 13.2 Å². The van der Waals surface area contributed by atoms with Crippen LogP contribution >= 0.6 is 0 Å². The summed E-state index contributed by atoms with van der Waals surface area (Å²) in [6.45, 7) is 2.00. The molecule has 1 aliphatic rings. The fraction of sp³-hybridized carbons (Fsp3) is 1.00. The molecule has 57 valence electrons. The van der Waals surface area contributed by atoms with Gasteiger partial charge in [0.15, 0.2) is 0 Å². The molecular weight excluding hydrogens is 199 g/mol. The average Bonchev–Trinajstić information content (AvgIpc) is 2.23. The van der Waals surface area contributed by atoms with E-state index in [2.05, 4.69) is 16.3 Å². The molecule has 0 aliphatic carbocycles. The Balaban J connectivity index is -0.0000000836. The van der Waals surface area contributed by atoms with Crippen LogP contribution in [0.15, 0.2) is 0 Å². The predicted molar refractivity (Wildman–Crippen MR) is 25.9 cm³/mol. The Bertz CT molecular complexity index is 26.5. The summed E-state index contributed by atoms with van der Waals surface area (Å²) >= 11 is 2.62. The van der Waals surface area contributed by atoms with E-state index in [1.54, 1.807) is 0 Å². The number of hydrogen-bond acceptors (Lipinski definition) is 1. The zero-order valence-corrected chi connectivity index (χ0v) is 8.19. The molecule has 0 aromatic carbocycles. The summed E-state index contributed by atoms with van der Waals surface area (Å²) in [5.41, 5.74) is 0. The third-order valence-electron chi connectivity index (χ3n) is 0.827. The van der Waals surface area contributed by atoms with E-state index < -0.39 is 0 Å². The molecular formula is C5H11Cl2CrO. The van der Waals surface area contributed by atoms with Crippen molar-refractivity contribution >= 4 is 0 Å². The van der Waals surface area contributed by atoms with Gasteiger partial charge in [-0.1, -0.05) is 0 Å². The van der Waals surface area contributed by atoms with Crippen molar-refractivity contribution in [3.63, 3.8) is 0 Å². The number of rotatable bonds is 0. The van der Waals surface area contributed by atoms with E-state index in [0.29, 0.717) is 0 Å². The molecule has 1 saturated heterocycles. The van der Waals surface area contributed by atoms with Crippen LogP contribution in [-0.4, -0.2) is 13.2 Å². The molecule has 1 aliphatic heterocycles. The molecule has 9 heavy (non-hydrogen) atoms. The molecule has 0 amide bonds. The van der Waals surface area contributed by atoms with Crippen molar-refractivity contribution in [1.29, 1.82) is 0 Å². The van der Waals surface area contributed by atoms with Crippen molar-refractivity contribution in [3.05, 3.63) is 0 Å². The normalized spacial score (nSPS) is 13.8. The number of hydrogen-bond donors (Lipinski definition) is 0. The zero-order valence-electron chi connectivity index (χ0n) is 5.40. The largest absolute Gasteiger partial charge is 1.00 e. The molecule has 1 fully saturated rings. The Morgan fingerprint density at radius 1 is 1.00 bits per heavy atom. The third kappa shape index (κ3) is 12.3. The summed E-state index contributed by atoms with van der Waals surface area (Å²) in [4.78, 5) is 0. The van der Waals surface area contributed by atoms with Gasteiger partial charge in [0.1, 0.15) is 0 Å². The van der Waals surface area contributed by atoms with Crippen molar-refractivity contribution in [1.82, 2.24) is 0 Å². The number of ether oxygens (including phenoxy) is 1.